The Bertz CT molecular complexity index is 842. The van der Waals surface area contributed by atoms with Crippen LogP contribution in [0.25, 0.3) is 5.69 Å². The van der Waals surface area contributed by atoms with E-state index in [-0.39, 0.29) is 11.2 Å². The number of anilines is 1. The molecule has 0 fully saturated rings. The van der Waals surface area contributed by atoms with Crippen molar-refractivity contribution in [3.8, 4) is 5.69 Å². The van der Waals surface area contributed by atoms with Crippen LogP contribution < -0.4 is 16.6 Å². The molecule has 1 amide bonds. The summed E-state index contributed by atoms with van der Waals surface area (Å²) in [4.78, 5) is 24.7. The van der Waals surface area contributed by atoms with E-state index in [1.54, 1.807) is 32.5 Å². The van der Waals surface area contributed by atoms with Crippen molar-refractivity contribution in [2.45, 2.75) is 52.2 Å². The van der Waals surface area contributed by atoms with Crippen molar-refractivity contribution in [2.24, 2.45) is 7.05 Å². The average Bonchev–Trinajstić information content (AvgIpc) is 2.69. The highest BCUT2D eigenvalue weighted by Gasteiger charge is 2.28. The summed E-state index contributed by atoms with van der Waals surface area (Å²) >= 11 is 0. The van der Waals surface area contributed by atoms with E-state index < -0.39 is 17.2 Å². The lowest BCUT2D eigenvalue weighted by Crippen LogP contribution is -2.47. The van der Waals surface area contributed by atoms with Gasteiger partial charge in [-0.1, -0.05) is 18.2 Å². The van der Waals surface area contributed by atoms with Gasteiger partial charge in [0.05, 0.1) is 11.4 Å². The Morgan fingerprint density at radius 2 is 1.73 bits per heavy atom. The Hall–Kier alpha value is -2.70. The number of rotatable bonds is 4. The molecule has 0 spiro atoms. The van der Waals surface area contributed by atoms with Crippen LogP contribution in [0.3, 0.4) is 0 Å². The maximum atomic E-state index is 12.6. The van der Waals surface area contributed by atoms with Gasteiger partial charge in [0.1, 0.15) is 11.3 Å². The van der Waals surface area contributed by atoms with Crippen molar-refractivity contribution in [2.75, 3.05) is 5.73 Å². The maximum Gasteiger partial charge on any atom is 0.408 e. The lowest BCUT2D eigenvalue weighted by atomic mass is 9.98. The molecule has 0 unspecified atom stereocenters. The number of nitrogens with two attached hydrogens (primary N) is 1. The van der Waals surface area contributed by atoms with Crippen molar-refractivity contribution in [1.29, 1.82) is 0 Å². The fourth-order valence-corrected chi connectivity index (χ4v) is 2.78. The Balaban J connectivity index is 2.30. The molecular weight excluding hydrogens is 332 g/mol. The highest BCUT2D eigenvalue weighted by molar-refractivity contribution is 5.68. The van der Waals surface area contributed by atoms with Crippen LogP contribution >= 0.6 is 0 Å². The quantitative estimate of drug-likeness (QED) is 0.877. The molecule has 0 bridgehead atoms. The molecule has 7 nitrogen and oxygen atoms in total. The van der Waals surface area contributed by atoms with Gasteiger partial charge in [-0.3, -0.25) is 9.48 Å². The lowest BCUT2D eigenvalue weighted by Gasteiger charge is -2.29. The summed E-state index contributed by atoms with van der Waals surface area (Å²) < 4.78 is 8.56. The van der Waals surface area contributed by atoms with Crippen LogP contribution in [0.5, 0.6) is 0 Å². The first-order chi connectivity index (χ1) is 11.9. The summed E-state index contributed by atoms with van der Waals surface area (Å²) in [5.41, 5.74) is 6.14. The zero-order valence-electron chi connectivity index (χ0n) is 16.3. The number of carbonyl (C=O) groups is 1. The second-order valence-electron chi connectivity index (χ2n) is 8.02. The maximum absolute atomic E-state index is 12.6. The van der Waals surface area contributed by atoms with Gasteiger partial charge in [0, 0.05) is 19.0 Å². The minimum atomic E-state index is -0.649. The number of amides is 1. The van der Waals surface area contributed by atoms with E-state index in [0.29, 0.717) is 12.1 Å². The van der Waals surface area contributed by atoms with Gasteiger partial charge in [-0.15, -0.1) is 0 Å². The molecule has 0 atom stereocenters. The monoisotopic (exact) mass is 360 g/mol. The smallest absolute Gasteiger partial charge is 0.408 e. The van der Waals surface area contributed by atoms with Crippen molar-refractivity contribution in [1.82, 2.24) is 14.7 Å². The standard InChI is InChI=1S/C19H28N4O3/c1-18(2,3)26-17(25)21-19(4,5)12-14-15(20)16(24)23(22(14)6)13-10-8-7-9-11-13/h7-11H,12,20H2,1-6H3,(H,21,25). The van der Waals surface area contributed by atoms with Crippen LogP contribution in [0.1, 0.15) is 40.3 Å². The van der Waals surface area contributed by atoms with Crippen molar-refractivity contribution in [3.05, 3.63) is 46.4 Å². The van der Waals surface area contributed by atoms with Crippen molar-refractivity contribution >= 4 is 11.8 Å². The number of ether oxygens (including phenoxy) is 1. The third-order valence-electron chi connectivity index (χ3n) is 3.87. The number of nitrogens with one attached hydrogen (secondary N) is 1. The molecule has 0 saturated heterocycles. The fraction of sp³-hybridized carbons (Fsp3) is 0.474. The molecule has 1 aromatic carbocycles. The van der Waals surface area contributed by atoms with Crippen molar-refractivity contribution < 1.29 is 9.53 Å². The predicted molar refractivity (Wildman–Crippen MR) is 103 cm³/mol. The largest absolute Gasteiger partial charge is 0.444 e. The van der Waals surface area contributed by atoms with Crippen LogP contribution in [0.4, 0.5) is 10.5 Å². The number of carbonyl (C=O) groups excluding carboxylic acids is 1. The number of nitrogens with zero attached hydrogens (tertiary/aromatic N) is 2. The summed E-state index contributed by atoms with van der Waals surface area (Å²) in [6, 6.07) is 9.29. The topological polar surface area (TPSA) is 91.3 Å². The first-order valence-electron chi connectivity index (χ1n) is 8.54. The normalized spacial score (nSPS) is 12.1. The molecule has 1 aromatic heterocycles. The van der Waals surface area contributed by atoms with Crippen LogP contribution in [0.15, 0.2) is 35.1 Å². The SMILES string of the molecule is Cn1c(CC(C)(C)NC(=O)OC(C)(C)C)c(N)c(=O)n1-c1ccccc1. The minimum absolute atomic E-state index is 0.176. The van der Waals surface area contributed by atoms with E-state index in [1.165, 1.54) is 4.68 Å². The fourth-order valence-electron chi connectivity index (χ4n) is 2.78. The molecule has 142 valence electrons. The van der Waals surface area contributed by atoms with E-state index in [1.807, 2.05) is 44.2 Å². The number of nitrogen functional groups attached to an aromatic ring is 1. The molecule has 2 aromatic rings. The van der Waals surface area contributed by atoms with E-state index >= 15 is 0 Å². The summed E-state index contributed by atoms with van der Waals surface area (Å²) in [6.07, 6.45) is -0.127. The molecule has 1 heterocycles. The summed E-state index contributed by atoms with van der Waals surface area (Å²) in [7, 11) is 1.78. The third kappa shape index (κ3) is 4.47. The molecule has 2 rings (SSSR count). The Morgan fingerprint density at radius 3 is 2.27 bits per heavy atom. The van der Waals surface area contributed by atoms with Gasteiger partial charge in [-0.2, -0.15) is 0 Å². The van der Waals surface area contributed by atoms with E-state index in [4.69, 9.17) is 10.5 Å². The van der Waals surface area contributed by atoms with Crippen LogP contribution in [-0.2, 0) is 18.2 Å². The third-order valence-corrected chi connectivity index (χ3v) is 3.87. The van der Waals surface area contributed by atoms with Gasteiger partial charge in [0.25, 0.3) is 5.56 Å². The summed E-state index contributed by atoms with van der Waals surface area (Å²) in [5.74, 6) is 0. The number of hydrogen-bond donors (Lipinski definition) is 2. The van der Waals surface area contributed by atoms with Crippen LogP contribution in [0.2, 0.25) is 0 Å². The molecule has 0 aliphatic heterocycles. The molecule has 26 heavy (non-hydrogen) atoms. The van der Waals surface area contributed by atoms with Crippen LogP contribution in [0, 0.1) is 0 Å². The van der Waals surface area contributed by atoms with Gasteiger partial charge in [0.2, 0.25) is 0 Å². The Morgan fingerprint density at radius 1 is 1.15 bits per heavy atom. The second kappa shape index (κ2) is 6.90. The first-order valence-corrected chi connectivity index (χ1v) is 8.54. The molecular formula is C19H28N4O3. The molecule has 3 N–H and O–H groups in total. The second-order valence-corrected chi connectivity index (χ2v) is 8.02. The number of aromatic nitrogens is 2. The number of para-hydroxylation sites is 1. The molecule has 0 aliphatic carbocycles. The van der Waals surface area contributed by atoms with Crippen molar-refractivity contribution in [3.63, 3.8) is 0 Å². The lowest BCUT2D eigenvalue weighted by molar-refractivity contribution is 0.0471. The van der Waals surface area contributed by atoms with Gasteiger partial charge in [0.15, 0.2) is 0 Å². The molecule has 0 radical (unpaired) electrons. The first kappa shape index (κ1) is 19.6. The predicted octanol–water partition coefficient (Wildman–Crippen LogP) is 2.60. The summed E-state index contributed by atoms with van der Waals surface area (Å²) in [6.45, 7) is 9.14. The van der Waals surface area contributed by atoms with Gasteiger partial charge >= 0.3 is 6.09 Å². The van der Waals surface area contributed by atoms with Gasteiger partial charge < -0.3 is 15.8 Å². The van der Waals surface area contributed by atoms with E-state index in [9.17, 15) is 9.59 Å². The highest BCUT2D eigenvalue weighted by Crippen LogP contribution is 2.19. The number of hydrogen-bond acceptors (Lipinski definition) is 4. The van der Waals surface area contributed by atoms with E-state index in [0.717, 1.165) is 5.69 Å². The Kier molecular flexibility index (Phi) is 5.21. The molecule has 0 aliphatic rings. The highest BCUT2D eigenvalue weighted by atomic mass is 16.6. The minimum Gasteiger partial charge on any atom is -0.444 e. The van der Waals surface area contributed by atoms with Gasteiger partial charge in [-0.25, -0.2) is 9.48 Å². The zero-order chi connectivity index (χ0) is 19.7. The van der Waals surface area contributed by atoms with Crippen LogP contribution in [-0.4, -0.2) is 26.6 Å². The average molecular weight is 360 g/mol. The zero-order valence-corrected chi connectivity index (χ0v) is 16.3. The number of alkyl carbamates (subject to hydrolysis) is 1. The molecule has 7 heteroatoms. The summed E-state index contributed by atoms with van der Waals surface area (Å²) in [5, 5.41) is 2.84. The van der Waals surface area contributed by atoms with E-state index in [2.05, 4.69) is 5.32 Å². The van der Waals surface area contributed by atoms with Gasteiger partial charge in [-0.05, 0) is 46.8 Å². The molecule has 0 saturated carbocycles. The Labute approximate surface area is 153 Å². The number of benzene rings is 1.